The van der Waals surface area contributed by atoms with Crippen LogP contribution in [0.25, 0.3) is 0 Å². The van der Waals surface area contributed by atoms with Crippen LogP contribution in [0.1, 0.15) is 33.6 Å². The van der Waals surface area contributed by atoms with E-state index in [1.165, 1.54) is 0 Å². The van der Waals surface area contributed by atoms with E-state index in [-0.39, 0.29) is 11.7 Å². The van der Waals surface area contributed by atoms with Crippen molar-refractivity contribution >= 4 is 5.78 Å². The second kappa shape index (κ2) is 4.45. The number of Topliss-reactive ketones (excluding diaryl/α,β-unsaturated/α-hetero) is 1. The third-order valence-corrected chi connectivity index (χ3v) is 2.72. The molecule has 0 fully saturated rings. The first-order valence-corrected chi connectivity index (χ1v) is 5.07. The number of carbonyl (C=O) groups excluding carboxylic acids is 1. The molecule has 0 aliphatic heterocycles. The van der Waals surface area contributed by atoms with Gasteiger partial charge in [0.2, 0.25) is 0 Å². The third kappa shape index (κ3) is 2.25. The van der Waals surface area contributed by atoms with Crippen LogP contribution in [0.3, 0.4) is 0 Å². The molecule has 1 aliphatic rings. The molecule has 0 saturated carbocycles. The first-order valence-electron chi connectivity index (χ1n) is 5.07. The quantitative estimate of drug-likeness (QED) is 0.646. The zero-order valence-corrected chi connectivity index (χ0v) is 9.22. The van der Waals surface area contributed by atoms with Gasteiger partial charge in [0.05, 0.1) is 6.61 Å². The molecule has 78 valence electrons. The Bertz CT molecular complexity index is 287. The second-order valence-corrected chi connectivity index (χ2v) is 3.86. The minimum atomic E-state index is 0.202. The van der Waals surface area contributed by atoms with Gasteiger partial charge in [-0.1, -0.05) is 12.2 Å². The molecule has 0 saturated heterocycles. The predicted octanol–water partition coefficient (Wildman–Crippen LogP) is 2.85. The maximum atomic E-state index is 11.6. The average molecular weight is 194 g/mol. The summed E-state index contributed by atoms with van der Waals surface area (Å²) in [6.07, 6.45) is 1.43. The SMILES string of the molecule is C=C(C)C1CC(=O)C(C)=C(OCC)C1. The number of ketones is 1. The molecule has 1 rings (SSSR count). The predicted molar refractivity (Wildman–Crippen MR) is 56.9 cm³/mol. The summed E-state index contributed by atoms with van der Waals surface area (Å²) in [5.74, 6) is 1.33. The molecule has 0 spiro atoms. The molecule has 1 atom stereocenters. The lowest BCUT2D eigenvalue weighted by atomic mass is 9.84. The third-order valence-electron chi connectivity index (χ3n) is 2.72. The van der Waals surface area contributed by atoms with Crippen LogP contribution in [0.5, 0.6) is 0 Å². The fourth-order valence-electron chi connectivity index (χ4n) is 1.67. The van der Waals surface area contributed by atoms with Crippen LogP contribution in [0, 0.1) is 5.92 Å². The van der Waals surface area contributed by atoms with Crippen molar-refractivity contribution in [1.29, 1.82) is 0 Å². The lowest BCUT2D eigenvalue weighted by Crippen LogP contribution is -2.20. The van der Waals surface area contributed by atoms with E-state index in [1.54, 1.807) is 0 Å². The van der Waals surface area contributed by atoms with E-state index in [0.717, 1.165) is 23.3 Å². The molecular weight excluding hydrogens is 176 g/mol. The maximum absolute atomic E-state index is 11.6. The summed E-state index contributed by atoms with van der Waals surface area (Å²) in [4.78, 5) is 11.6. The maximum Gasteiger partial charge on any atom is 0.162 e. The van der Waals surface area contributed by atoms with E-state index >= 15 is 0 Å². The molecular formula is C12H18O2. The van der Waals surface area contributed by atoms with Gasteiger partial charge in [0.25, 0.3) is 0 Å². The van der Waals surface area contributed by atoms with Crippen LogP contribution in [-0.4, -0.2) is 12.4 Å². The van der Waals surface area contributed by atoms with Crippen molar-refractivity contribution in [3.63, 3.8) is 0 Å². The van der Waals surface area contributed by atoms with Crippen molar-refractivity contribution in [2.75, 3.05) is 6.61 Å². The van der Waals surface area contributed by atoms with Gasteiger partial charge in [0, 0.05) is 18.4 Å². The highest BCUT2D eigenvalue weighted by atomic mass is 16.5. The van der Waals surface area contributed by atoms with E-state index in [1.807, 2.05) is 20.8 Å². The summed E-state index contributed by atoms with van der Waals surface area (Å²) < 4.78 is 5.46. The number of hydrogen-bond acceptors (Lipinski definition) is 2. The van der Waals surface area contributed by atoms with E-state index in [9.17, 15) is 4.79 Å². The molecule has 0 radical (unpaired) electrons. The van der Waals surface area contributed by atoms with Crippen LogP contribution >= 0.6 is 0 Å². The number of hydrogen-bond donors (Lipinski definition) is 0. The minimum Gasteiger partial charge on any atom is -0.498 e. The van der Waals surface area contributed by atoms with Gasteiger partial charge in [-0.15, -0.1) is 0 Å². The van der Waals surface area contributed by atoms with Gasteiger partial charge in [-0.3, -0.25) is 4.79 Å². The molecule has 1 aliphatic carbocycles. The van der Waals surface area contributed by atoms with E-state index in [0.29, 0.717) is 13.0 Å². The van der Waals surface area contributed by atoms with Gasteiger partial charge in [0.15, 0.2) is 5.78 Å². The Morgan fingerprint density at radius 2 is 2.21 bits per heavy atom. The van der Waals surface area contributed by atoms with Crippen LogP contribution in [0.4, 0.5) is 0 Å². The molecule has 0 amide bonds. The van der Waals surface area contributed by atoms with Crippen LogP contribution in [0.15, 0.2) is 23.5 Å². The molecule has 2 nitrogen and oxygen atoms in total. The molecule has 0 aromatic carbocycles. The Hall–Kier alpha value is -1.05. The molecule has 0 heterocycles. The molecule has 0 bridgehead atoms. The molecule has 0 N–H and O–H groups in total. The average Bonchev–Trinajstić information content (AvgIpc) is 2.12. The summed E-state index contributed by atoms with van der Waals surface area (Å²) in [7, 11) is 0. The molecule has 2 heteroatoms. The lowest BCUT2D eigenvalue weighted by molar-refractivity contribution is -0.117. The van der Waals surface area contributed by atoms with Gasteiger partial charge in [-0.25, -0.2) is 0 Å². The molecule has 0 aromatic rings. The molecule has 0 aromatic heterocycles. The van der Waals surface area contributed by atoms with E-state index in [2.05, 4.69) is 6.58 Å². The first-order chi connectivity index (χ1) is 6.56. The zero-order chi connectivity index (χ0) is 10.7. The first kappa shape index (κ1) is 11.0. The number of rotatable bonds is 3. The largest absolute Gasteiger partial charge is 0.498 e. The standard InChI is InChI=1S/C12H18O2/c1-5-14-12-7-10(8(2)3)6-11(13)9(12)4/h10H,2,5-7H2,1,3-4H3. The van der Waals surface area contributed by atoms with Crippen molar-refractivity contribution in [2.24, 2.45) is 5.92 Å². The van der Waals surface area contributed by atoms with Gasteiger partial charge >= 0.3 is 0 Å². The van der Waals surface area contributed by atoms with Crippen LogP contribution < -0.4 is 0 Å². The summed E-state index contributed by atoms with van der Waals surface area (Å²) in [6.45, 7) is 10.3. The van der Waals surface area contributed by atoms with E-state index < -0.39 is 0 Å². The Balaban J connectivity index is 2.84. The molecule has 1 unspecified atom stereocenters. The fraction of sp³-hybridized carbons (Fsp3) is 0.583. The minimum absolute atomic E-state index is 0.202. The highest BCUT2D eigenvalue weighted by Crippen LogP contribution is 2.31. The lowest BCUT2D eigenvalue weighted by Gasteiger charge is -2.24. The summed E-state index contributed by atoms with van der Waals surface area (Å²) in [6, 6.07) is 0. The topological polar surface area (TPSA) is 26.3 Å². The highest BCUT2D eigenvalue weighted by molar-refractivity contribution is 5.96. The van der Waals surface area contributed by atoms with Gasteiger partial charge in [-0.2, -0.15) is 0 Å². The zero-order valence-electron chi connectivity index (χ0n) is 9.22. The Morgan fingerprint density at radius 1 is 1.57 bits per heavy atom. The summed E-state index contributed by atoms with van der Waals surface area (Å²) in [5.41, 5.74) is 1.87. The van der Waals surface area contributed by atoms with Crippen LogP contribution in [-0.2, 0) is 9.53 Å². The van der Waals surface area contributed by atoms with Crippen molar-refractivity contribution in [2.45, 2.75) is 33.6 Å². The Labute approximate surface area is 85.6 Å². The summed E-state index contributed by atoms with van der Waals surface area (Å²) >= 11 is 0. The van der Waals surface area contributed by atoms with Gasteiger partial charge < -0.3 is 4.74 Å². The fourth-order valence-corrected chi connectivity index (χ4v) is 1.67. The number of ether oxygens (including phenoxy) is 1. The summed E-state index contributed by atoms with van der Waals surface area (Å²) in [5, 5.41) is 0. The van der Waals surface area contributed by atoms with E-state index in [4.69, 9.17) is 4.74 Å². The smallest absolute Gasteiger partial charge is 0.162 e. The molecule has 14 heavy (non-hydrogen) atoms. The Kier molecular flexibility index (Phi) is 3.50. The monoisotopic (exact) mass is 194 g/mol. The highest BCUT2D eigenvalue weighted by Gasteiger charge is 2.26. The van der Waals surface area contributed by atoms with Gasteiger partial charge in [-0.05, 0) is 26.7 Å². The second-order valence-electron chi connectivity index (χ2n) is 3.86. The van der Waals surface area contributed by atoms with Crippen molar-refractivity contribution in [1.82, 2.24) is 0 Å². The normalized spacial score (nSPS) is 22.5. The Morgan fingerprint density at radius 3 is 2.71 bits per heavy atom. The van der Waals surface area contributed by atoms with Crippen molar-refractivity contribution in [3.05, 3.63) is 23.5 Å². The van der Waals surface area contributed by atoms with Crippen LogP contribution in [0.2, 0.25) is 0 Å². The number of carbonyl (C=O) groups is 1. The van der Waals surface area contributed by atoms with Gasteiger partial charge in [0.1, 0.15) is 5.76 Å². The van der Waals surface area contributed by atoms with Crippen molar-refractivity contribution in [3.8, 4) is 0 Å². The van der Waals surface area contributed by atoms with Crippen molar-refractivity contribution < 1.29 is 9.53 Å². The number of allylic oxidation sites excluding steroid dienone is 3.